The highest BCUT2D eigenvalue weighted by atomic mass is 32.2. The van der Waals surface area contributed by atoms with Crippen molar-refractivity contribution in [2.45, 2.75) is 10.1 Å². The summed E-state index contributed by atoms with van der Waals surface area (Å²) in [6, 6.07) is 5.42. The van der Waals surface area contributed by atoms with Gasteiger partial charge >= 0.3 is 0 Å². The van der Waals surface area contributed by atoms with Crippen molar-refractivity contribution in [3.05, 3.63) is 36.2 Å². The first kappa shape index (κ1) is 11.3. The van der Waals surface area contributed by atoms with Crippen LogP contribution in [0.2, 0.25) is 0 Å². The van der Waals surface area contributed by atoms with Gasteiger partial charge in [0.1, 0.15) is 21.6 Å². The lowest BCUT2D eigenvalue weighted by molar-refractivity contribution is 0.466. The van der Waals surface area contributed by atoms with Gasteiger partial charge in [-0.1, -0.05) is 6.07 Å². The van der Waals surface area contributed by atoms with Gasteiger partial charge in [0, 0.05) is 6.20 Å². The van der Waals surface area contributed by atoms with E-state index in [9.17, 15) is 5.11 Å². The van der Waals surface area contributed by atoms with Gasteiger partial charge in [-0.2, -0.15) is 5.10 Å². The molecule has 2 aromatic heterocycles. The molecule has 0 bridgehead atoms. The molecule has 0 unspecified atom stereocenters. The maximum Gasteiger partial charge on any atom is 0.149 e. The van der Waals surface area contributed by atoms with E-state index in [2.05, 4.69) is 15.2 Å². The number of amidine groups is 1. The molecule has 0 amide bonds. The van der Waals surface area contributed by atoms with Crippen LogP contribution in [0.1, 0.15) is 5.56 Å². The largest absolute Gasteiger partial charge is 0.505 e. The van der Waals surface area contributed by atoms with Crippen LogP contribution >= 0.6 is 11.8 Å². The molecule has 6 nitrogen and oxygen atoms in total. The Hall–Kier alpha value is -2.15. The lowest BCUT2D eigenvalue weighted by atomic mass is 10.3. The third-order valence-electron chi connectivity index (χ3n) is 1.91. The molecule has 0 spiro atoms. The van der Waals surface area contributed by atoms with E-state index in [0.717, 1.165) is 6.20 Å². The normalized spacial score (nSPS) is 10.1. The predicted molar refractivity (Wildman–Crippen MR) is 63.1 cm³/mol. The monoisotopic (exact) mass is 247 g/mol. The predicted octanol–water partition coefficient (Wildman–Crippen LogP) is 1.01. The number of aromatic nitrogens is 3. The highest BCUT2D eigenvalue weighted by Crippen LogP contribution is 2.30. The Bertz CT molecular complexity index is 546. The number of pyridine rings is 1. The highest BCUT2D eigenvalue weighted by molar-refractivity contribution is 7.99. The fraction of sp³-hybridized carbons (Fsp3) is 0. The van der Waals surface area contributed by atoms with Gasteiger partial charge in [0.25, 0.3) is 0 Å². The van der Waals surface area contributed by atoms with Crippen molar-refractivity contribution >= 4 is 17.6 Å². The van der Waals surface area contributed by atoms with Crippen molar-refractivity contribution in [3.63, 3.8) is 0 Å². The number of hydrogen-bond acceptors (Lipinski definition) is 6. The molecule has 17 heavy (non-hydrogen) atoms. The first-order valence-corrected chi connectivity index (χ1v) is 5.48. The highest BCUT2D eigenvalue weighted by Gasteiger charge is 2.14. The summed E-state index contributed by atoms with van der Waals surface area (Å²) in [5.41, 5.74) is 5.57. The standard InChI is InChI=1S/C10H9N5OS/c11-9(12)8-6(16)5-14-15-10(8)17-7-3-1-2-4-13-7/h1-5H,(H3,11,12)(H,15,16). The van der Waals surface area contributed by atoms with Gasteiger partial charge in [-0.05, 0) is 23.9 Å². The van der Waals surface area contributed by atoms with Gasteiger partial charge in [-0.25, -0.2) is 4.98 Å². The molecule has 0 aliphatic carbocycles. The van der Waals surface area contributed by atoms with Crippen LogP contribution in [0.15, 0.2) is 40.6 Å². The van der Waals surface area contributed by atoms with Crippen LogP contribution < -0.4 is 5.73 Å². The minimum Gasteiger partial charge on any atom is -0.505 e. The molecule has 2 heterocycles. The average molecular weight is 247 g/mol. The molecule has 0 radical (unpaired) electrons. The quantitative estimate of drug-likeness (QED) is 0.551. The second-order valence-electron chi connectivity index (χ2n) is 3.09. The molecule has 4 N–H and O–H groups in total. The maximum atomic E-state index is 9.58. The summed E-state index contributed by atoms with van der Waals surface area (Å²) in [7, 11) is 0. The Morgan fingerprint density at radius 1 is 1.41 bits per heavy atom. The molecule has 0 saturated carbocycles. The summed E-state index contributed by atoms with van der Waals surface area (Å²) in [6.07, 6.45) is 2.80. The van der Waals surface area contributed by atoms with Crippen molar-refractivity contribution in [2.75, 3.05) is 0 Å². The second kappa shape index (κ2) is 4.79. The number of nitrogens with zero attached hydrogens (tertiary/aromatic N) is 3. The van der Waals surface area contributed by atoms with Crippen molar-refractivity contribution in [1.82, 2.24) is 15.2 Å². The zero-order valence-electron chi connectivity index (χ0n) is 8.66. The topological polar surface area (TPSA) is 109 Å². The van der Waals surface area contributed by atoms with Gasteiger partial charge in [-0.15, -0.1) is 5.10 Å². The molecule has 0 aliphatic rings. The van der Waals surface area contributed by atoms with Crippen LogP contribution in [0, 0.1) is 5.41 Å². The molecule has 2 aromatic rings. The van der Waals surface area contributed by atoms with E-state index < -0.39 is 0 Å². The fourth-order valence-corrected chi connectivity index (χ4v) is 2.05. The molecule has 0 saturated heterocycles. The van der Waals surface area contributed by atoms with Gasteiger partial charge in [0.15, 0.2) is 0 Å². The van der Waals surface area contributed by atoms with E-state index in [1.54, 1.807) is 18.3 Å². The van der Waals surface area contributed by atoms with E-state index in [1.165, 1.54) is 11.8 Å². The van der Waals surface area contributed by atoms with E-state index >= 15 is 0 Å². The zero-order chi connectivity index (χ0) is 12.3. The van der Waals surface area contributed by atoms with E-state index in [4.69, 9.17) is 11.1 Å². The van der Waals surface area contributed by atoms with Crippen LogP contribution in [-0.4, -0.2) is 26.1 Å². The second-order valence-corrected chi connectivity index (χ2v) is 4.10. The number of nitrogens with one attached hydrogen (secondary N) is 1. The maximum absolute atomic E-state index is 9.58. The van der Waals surface area contributed by atoms with Crippen molar-refractivity contribution in [1.29, 1.82) is 5.41 Å². The van der Waals surface area contributed by atoms with Gasteiger partial charge < -0.3 is 10.8 Å². The molecule has 7 heteroatoms. The van der Waals surface area contributed by atoms with Crippen LogP contribution in [-0.2, 0) is 0 Å². The van der Waals surface area contributed by atoms with Crippen molar-refractivity contribution < 1.29 is 5.11 Å². The number of nitrogen functional groups attached to an aromatic ring is 1. The first-order valence-electron chi connectivity index (χ1n) is 4.66. The Labute approximate surface area is 101 Å². The zero-order valence-corrected chi connectivity index (χ0v) is 9.48. The Kier molecular flexibility index (Phi) is 3.20. The lowest BCUT2D eigenvalue weighted by Gasteiger charge is -2.06. The number of aromatic hydroxyl groups is 1. The SMILES string of the molecule is N=C(N)c1c(O)cnnc1Sc1ccccn1. The van der Waals surface area contributed by atoms with Crippen molar-refractivity contribution in [2.24, 2.45) is 5.73 Å². The molecule has 0 aliphatic heterocycles. The molecule has 86 valence electrons. The van der Waals surface area contributed by atoms with Crippen molar-refractivity contribution in [3.8, 4) is 5.75 Å². The van der Waals surface area contributed by atoms with Crippen LogP contribution in [0.25, 0.3) is 0 Å². The van der Waals surface area contributed by atoms with Crippen LogP contribution in [0.3, 0.4) is 0 Å². The van der Waals surface area contributed by atoms with Gasteiger partial charge in [0.2, 0.25) is 0 Å². The molecule has 0 atom stereocenters. The Morgan fingerprint density at radius 3 is 2.88 bits per heavy atom. The van der Waals surface area contributed by atoms with Crippen LogP contribution in [0.5, 0.6) is 5.75 Å². The van der Waals surface area contributed by atoms with E-state index in [0.29, 0.717) is 10.1 Å². The van der Waals surface area contributed by atoms with Gasteiger partial charge in [0.05, 0.1) is 11.8 Å². The third kappa shape index (κ3) is 2.51. The summed E-state index contributed by atoms with van der Waals surface area (Å²) in [5.74, 6) is -0.415. The first-order chi connectivity index (χ1) is 8.18. The minimum absolute atomic E-state index is 0.161. The average Bonchev–Trinajstić information content (AvgIpc) is 2.30. The van der Waals surface area contributed by atoms with E-state index in [-0.39, 0.29) is 17.1 Å². The smallest absolute Gasteiger partial charge is 0.149 e. The Morgan fingerprint density at radius 2 is 2.24 bits per heavy atom. The number of nitrogens with two attached hydrogens (primary N) is 1. The molecule has 2 rings (SSSR count). The molecular weight excluding hydrogens is 238 g/mol. The number of hydrogen-bond donors (Lipinski definition) is 3. The summed E-state index contributed by atoms with van der Waals surface area (Å²) < 4.78 is 0. The molecular formula is C10H9N5OS. The summed E-state index contributed by atoms with van der Waals surface area (Å²) >= 11 is 1.19. The Balaban J connectivity index is 2.40. The molecule has 0 fully saturated rings. The van der Waals surface area contributed by atoms with E-state index in [1.807, 2.05) is 6.07 Å². The lowest BCUT2D eigenvalue weighted by Crippen LogP contribution is -2.14. The van der Waals surface area contributed by atoms with Crippen LogP contribution in [0.4, 0.5) is 0 Å². The summed E-state index contributed by atoms with van der Waals surface area (Å²) in [6.45, 7) is 0. The third-order valence-corrected chi connectivity index (χ3v) is 2.84. The summed E-state index contributed by atoms with van der Waals surface area (Å²) in [5, 5.41) is 25.5. The van der Waals surface area contributed by atoms with Gasteiger partial charge in [-0.3, -0.25) is 5.41 Å². The summed E-state index contributed by atoms with van der Waals surface area (Å²) in [4.78, 5) is 4.11. The minimum atomic E-state index is -0.254. The number of rotatable bonds is 3. The molecule has 0 aromatic carbocycles. The fourth-order valence-electron chi connectivity index (χ4n) is 1.19.